The number of hydrogen-bond acceptors (Lipinski definition) is 3. The van der Waals surface area contributed by atoms with E-state index in [-0.39, 0.29) is 10.9 Å². The Kier molecular flexibility index (Phi) is 6.04. The van der Waals surface area contributed by atoms with Gasteiger partial charge in [0.25, 0.3) is 5.91 Å². The lowest BCUT2D eigenvalue weighted by Crippen LogP contribution is -2.45. The zero-order valence-corrected chi connectivity index (χ0v) is 19.2. The third kappa shape index (κ3) is 4.04. The molecule has 1 amide bonds. The molecule has 1 unspecified atom stereocenters. The number of rotatable bonds is 7. The minimum absolute atomic E-state index is 0.114. The molecule has 29 heavy (non-hydrogen) atoms. The van der Waals surface area contributed by atoms with Crippen LogP contribution in [0.2, 0.25) is 18.1 Å². The molecule has 0 saturated carbocycles. The predicted molar refractivity (Wildman–Crippen MR) is 119 cm³/mol. The fraction of sp³-hybridized carbons (Fsp3) is 0.458. The van der Waals surface area contributed by atoms with Gasteiger partial charge in [0.15, 0.2) is 14.0 Å². The number of carbonyl (C=O) groups is 1. The molecule has 0 aromatic heterocycles. The van der Waals surface area contributed by atoms with Crippen molar-refractivity contribution in [3.8, 4) is 0 Å². The molecule has 4 nitrogen and oxygen atoms in total. The number of hydrogen-bond donors (Lipinski definition) is 1. The van der Waals surface area contributed by atoms with Gasteiger partial charge in [-0.2, -0.15) is 0 Å². The van der Waals surface area contributed by atoms with Crippen LogP contribution in [0.4, 0.5) is 0 Å². The average molecular weight is 412 g/mol. The highest BCUT2D eigenvalue weighted by atomic mass is 28.4. The third-order valence-corrected chi connectivity index (χ3v) is 10.9. The lowest BCUT2D eigenvalue weighted by Gasteiger charge is -2.36. The number of amides is 1. The Morgan fingerprint density at radius 1 is 1.00 bits per heavy atom. The van der Waals surface area contributed by atoms with E-state index < -0.39 is 14.0 Å². The molecule has 0 radical (unpaired) electrons. The van der Waals surface area contributed by atoms with Crippen molar-refractivity contribution in [2.75, 3.05) is 13.2 Å². The Balaban J connectivity index is 1.72. The summed E-state index contributed by atoms with van der Waals surface area (Å²) >= 11 is 0. The Morgan fingerprint density at radius 3 is 2.28 bits per heavy atom. The second-order valence-corrected chi connectivity index (χ2v) is 14.2. The van der Waals surface area contributed by atoms with E-state index in [9.17, 15) is 9.90 Å². The van der Waals surface area contributed by atoms with E-state index in [1.165, 1.54) is 0 Å². The van der Waals surface area contributed by atoms with Gasteiger partial charge in [-0.1, -0.05) is 69.3 Å². The van der Waals surface area contributed by atoms with E-state index in [1.807, 2.05) is 48.5 Å². The van der Waals surface area contributed by atoms with Crippen molar-refractivity contribution in [3.63, 3.8) is 0 Å². The summed E-state index contributed by atoms with van der Waals surface area (Å²) < 4.78 is 6.26. The molecule has 2 aromatic carbocycles. The second kappa shape index (κ2) is 8.05. The van der Waals surface area contributed by atoms with Gasteiger partial charge in [-0.05, 0) is 37.0 Å². The van der Waals surface area contributed by atoms with Crippen molar-refractivity contribution in [1.82, 2.24) is 4.90 Å². The molecular weight excluding hydrogens is 378 g/mol. The first-order valence-corrected chi connectivity index (χ1v) is 13.3. The molecule has 1 atom stereocenters. The maximum Gasteiger partial charge on any atom is 0.257 e. The van der Waals surface area contributed by atoms with Gasteiger partial charge in [0, 0.05) is 29.8 Å². The number of nitrogens with zero attached hydrogens (tertiary/aromatic N) is 1. The summed E-state index contributed by atoms with van der Waals surface area (Å²) in [5.74, 6) is -0.114. The van der Waals surface area contributed by atoms with E-state index in [2.05, 4.69) is 33.9 Å². The van der Waals surface area contributed by atoms with E-state index in [0.717, 1.165) is 18.4 Å². The van der Waals surface area contributed by atoms with Gasteiger partial charge in [0.2, 0.25) is 0 Å². The molecule has 0 saturated heterocycles. The van der Waals surface area contributed by atoms with Gasteiger partial charge in [0.1, 0.15) is 0 Å². The van der Waals surface area contributed by atoms with Crippen LogP contribution in [0.15, 0.2) is 54.6 Å². The normalized spacial score (nSPS) is 19.5. The zero-order valence-electron chi connectivity index (χ0n) is 18.2. The molecule has 1 N–H and O–H groups in total. The lowest BCUT2D eigenvalue weighted by atomic mass is 9.94. The molecule has 0 fully saturated rings. The average Bonchev–Trinajstić information content (AvgIpc) is 2.90. The number of fused-ring (bicyclic) bond motifs is 1. The van der Waals surface area contributed by atoms with Gasteiger partial charge in [-0.25, -0.2) is 0 Å². The maximum atomic E-state index is 13.1. The van der Waals surface area contributed by atoms with Crippen LogP contribution in [0.3, 0.4) is 0 Å². The Hall–Kier alpha value is -1.95. The highest BCUT2D eigenvalue weighted by Crippen LogP contribution is 2.42. The van der Waals surface area contributed by atoms with Gasteiger partial charge in [-0.15, -0.1) is 0 Å². The molecule has 0 aliphatic carbocycles. The van der Waals surface area contributed by atoms with E-state index >= 15 is 0 Å². The number of aliphatic hydroxyl groups is 1. The van der Waals surface area contributed by atoms with Gasteiger partial charge >= 0.3 is 0 Å². The first-order valence-electron chi connectivity index (χ1n) is 10.4. The molecule has 156 valence electrons. The van der Waals surface area contributed by atoms with E-state index in [4.69, 9.17) is 4.43 Å². The monoisotopic (exact) mass is 411 g/mol. The summed E-state index contributed by atoms with van der Waals surface area (Å²) in [6.07, 6.45) is 1.64. The van der Waals surface area contributed by atoms with Crippen molar-refractivity contribution in [3.05, 3.63) is 71.3 Å². The van der Waals surface area contributed by atoms with E-state index in [1.54, 1.807) is 11.0 Å². The summed E-state index contributed by atoms with van der Waals surface area (Å²) in [5, 5.41) is 11.9. The van der Waals surface area contributed by atoms with Crippen molar-refractivity contribution in [2.24, 2.45) is 0 Å². The highest BCUT2D eigenvalue weighted by molar-refractivity contribution is 6.74. The minimum atomic E-state index is -1.76. The van der Waals surface area contributed by atoms with Crippen LogP contribution in [-0.2, 0) is 10.2 Å². The Labute approximate surface area is 175 Å². The van der Waals surface area contributed by atoms with Crippen molar-refractivity contribution in [2.45, 2.75) is 57.5 Å². The number of carbonyl (C=O) groups excluding carboxylic acids is 1. The van der Waals surface area contributed by atoms with Crippen LogP contribution in [0.25, 0.3) is 0 Å². The summed E-state index contributed by atoms with van der Waals surface area (Å²) in [6.45, 7) is 12.4. The van der Waals surface area contributed by atoms with Crippen molar-refractivity contribution >= 4 is 14.2 Å². The fourth-order valence-corrected chi connectivity index (χ4v) is 4.66. The summed E-state index contributed by atoms with van der Waals surface area (Å²) in [6, 6.07) is 16.8. The summed E-state index contributed by atoms with van der Waals surface area (Å²) in [5.41, 5.74) is 0.538. The Bertz CT molecular complexity index is 860. The quantitative estimate of drug-likeness (QED) is 0.507. The van der Waals surface area contributed by atoms with Crippen LogP contribution in [0.5, 0.6) is 0 Å². The molecule has 5 heteroatoms. The summed E-state index contributed by atoms with van der Waals surface area (Å²) in [7, 11) is -1.76. The zero-order chi connectivity index (χ0) is 21.3. The lowest BCUT2D eigenvalue weighted by molar-refractivity contribution is -0.0507. The molecule has 0 bridgehead atoms. The molecule has 3 rings (SSSR count). The first kappa shape index (κ1) is 21.7. The maximum absolute atomic E-state index is 13.1. The summed E-state index contributed by atoms with van der Waals surface area (Å²) in [4.78, 5) is 14.7. The molecule has 0 spiro atoms. The molecular formula is C24H33NO3Si. The fourth-order valence-electron chi connectivity index (χ4n) is 3.57. The number of benzene rings is 2. The largest absolute Gasteiger partial charge is 0.417 e. The van der Waals surface area contributed by atoms with Crippen LogP contribution in [0.1, 0.15) is 55.1 Å². The van der Waals surface area contributed by atoms with Gasteiger partial charge < -0.3 is 14.4 Å². The molecule has 1 aliphatic heterocycles. The highest BCUT2D eigenvalue weighted by Gasteiger charge is 2.49. The molecule has 1 heterocycles. The van der Waals surface area contributed by atoms with Crippen LogP contribution < -0.4 is 0 Å². The van der Waals surface area contributed by atoms with Crippen molar-refractivity contribution < 1.29 is 14.3 Å². The molecule has 2 aromatic rings. The third-order valence-electron chi connectivity index (χ3n) is 6.39. The van der Waals surface area contributed by atoms with Gasteiger partial charge in [0.05, 0.1) is 0 Å². The topological polar surface area (TPSA) is 49.8 Å². The molecule has 1 aliphatic rings. The SMILES string of the molecule is CC(C)(C)[Si](C)(C)OCCCCN1C(=O)c2ccccc2C1(O)c1ccccc1. The number of unbranched alkanes of at least 4 members (excludes halogenated alkanes) is 1. The van der Waals surface area contributed by atoms with E-state index in [0.29, 0.717) is 24.3 Å². The second-order valence-electron chi connectivity index (χ2n) is 9.36. The van der Waals surface area contributed by atoms with Crippen LogP contribution in [0, 0.1) is 0 Å². The van der Waals surface area contributed by atoms with Crippen LogP contribution in [-0.4, -0.2) is 37.4 Å². The van der Waals surface area contributed by atoms with Crippen molar-refractivity contribution in [1.29, 1.82) is 0 Å². The Morgan fingerprint density at radius 2 is 1.62 bits per heavy atom. The minimum Gasteiger partial charge on any atom is -0.417 e. The standard InChI is InChI=1S/C24H33NO3Si/c1-23(2,3)29(4,5)28-18-12-11-17-25-22(26)20-15-9-10-16-21(20)24(25,27)19-13-7-6-8-14-19/h6-10,13-16,27H,11-12,17-18H2,1-5H3. The smallest absolute Gasteiger partial charge is 0.257 e. The first-order chi connectivity index (χ1) is 13.6. The van der Waals surface area contributed by atoms with Crippen LogP contribution >= 0.6 is 0 Å². The van der Waals surface area contributed by atoms with Gasteiger partial charge in [-0.3, -0.25) is 4.79 Å². The predicted octanol–water partition coefficient (Wildman–Crippen LogP) is 5.14.